The van der Waals surface area contributed by atoms with Crippen LogP contribution in [0.3, 0.4) is 0 Å². The smallest absolute Gasteiger partial charge is 0.0826 e. The molecule has 0 aromatic rings. The number of ether oxygens (including phenoxy) is 1. The van der Waals surface area contributed by atoms with Crippen LogP contribution in [0.2, 0.25) is 0 Å². The zero-order valence-electron chi connectivity index (χ0n) is 6.00. The molecule has 1 saturated heterocycles. The Morgan fingerprint density at radius 2 is 2.11 bits per heavy atom. The third-order valence-corrected chi connectivity index (χ3v) is 1.95. The lowest BCUT2D eigenvalue weighted by atomic mass is 9.93. The summed E-state index contributed by atoms with van der Waals surface area (Å²) in [5.41, 5.74) is 0. The fourth-order valence-corrected chi connectivity index (χ4v) is 1.20. The van der Waals surface area contributed by atoms with Crippen LogP contribution in [0, 0.1) is 11.8 Å². The molecule has 0 radical (unpaired) electrons. The van der Waals surface area contributed by atoms with Crippen molar-refractivity contribution < 1.29 is 9.84 Å². The second-order valence-electron chi connectivity index (χ2n) is 3.01. The van der Waals surface area contributed by atoms with Gasteiger partial charge in [0.15, 0.2) is 0 Å². The summed E-state index contributed by atoms with van der Waals surface area (Å²) in [6, 6.07) is 0. The predicted octanol–water partition coefficient (Wildman–Crippen LogP) is 0.650. The first kappa shape index (κ1) is 7.03. The first-order valence-electron chi connectivity index (χ1n) is 3.47. The average molecular weight is 130 g/mol. The van der Waals surface area contributed by atoms with Crippen LogP contribution in [0.4, 0.5) is 0 Å². The molecule has 1 N–H and O–H groups in total. The van der Waals surface area contributed by atoms with Gasteiger partial charge in [0.25, 0.3) is 0 Å². The molecule has 0 aromatic carbocycles. The van der Waals surface area contributed by atoms with Crippen molar-refractivity contribution in [2.24, 2.45) is 11.8 Å². The number of hydrogen-bond donors (Lipinski definition) is 1. The van der Waals surface area contributed by atoms with E-state index in [1.165, 1.54) is 0 Å². The van der Waals surface area contributed by atoms with E-state index >= 15 is 0 Å². The van der Waals surface area contributed by atoms with Crippen LogP contribution in [0.1, 0.15) is 13.8 Å². The highest BCUT2D eigenvalue weighted by Crippen LogP contribution is 2.21. The van der Waals surface area contributed by atoms with E-state index in [0.717, 1.165) is 6.61 Å². The summed E-state index contributed by atoms with van der Waals surface area (Å²) in [5, 5.41) is 9.23. The summed E-state index contributed by atoms with van der Waals surface area (Å²) in [4.78, 5) is 0. The third-order valence-electron chi connectivity index (χ3n) is 1.95. The van der Waals surface area contributed by atoms with Gasteiger partial charge in [-0.2, -0.15) is 0 Å². The van der Waals surface area contributed by atoms with Gasteiger partial charge in [0.2, 0.25) is 0 Å². The van der Waals surface area contributed by atoms with Gasteiger partial charge in [-0.3, -0.25) is 0 Å². The van der Waals surface area contributed by atoms with E-state index in [2.05, 4.69) is 13.8 Å². The van der Waals surface area contributed by atoms with Gasteiger partial charge in [0.05, 0.1) is 19.3 Å². The molecular formula is C7H14O2. The van der Waals surface area contributed by atoms with Gasteiger partial charge >= 0.3 is 0 Å². The average Bonchev–Trinajstić information content (AvgIpc) is 2.13. The third kappa shape index (κ3) is 1.43. The van der Waals surface area contributed by atoms with Crippen molar-refractivity contribution in [3.8, 4) is 0 Å². The van der Waals surface area contributed by atoms with Gasteiger partial charge < -0.3 is 9.84 Å². The SMILES string of the molecule is CC(C)[C@@H]1COC[C@@H]1O. The summed E-state index contributed by atoms with van der Waals surface area (Å²) in [6.45, 7) is 5.49. The van der Waals surface area contributed by atoms with Crippen molar-refractivity contribution in [3.05, 3.63) is 0 Å². The Hall–Kier alpha value is -0.0800. The minimum absolute atomic E-state index is 0.218. The minimum atomic E-state index is -0.218. The first-order valence-corrected chi connectivity index (χ1v) is 3.47. The predicted molar refractivity (Wildman–Crippen MR) is 35.2 cm³/mol. The number of rotatable bonds is 1. The highest BCUT2D eigenvalue weighted by Gasteiger charge is 2.28. The number of hydrogen-bond acceptors (Lipinski definition) is 2. The number of aliphatic hydroxyl groups is 1. The molecule has 0 spiro atoms. The van der Waals surface area contributed by atoms with E-state index in [0.29, 0.717) is 18.4 Å². The summed E-state index contributed by atoms with van der Waals surface area (Å²) >= 11 is 0. The molecule has 0 bridgehead atoms. The van der Waals surface area contributed by atoms with Crippen LogP contribution >= 0.6 is 0 Å². The molecule has 0 unspecified atom stereocenters. The Labute approximate surface area is 55.8 Å². The monoisotopic (exact) mass is 130 g/mol. The van der Waals surface area contributed by atoms with E-state index in [-0.39, 0.29) is 6.10 Å². The zero-order valence-corrected chi connectivity index (χ0v) is 6.00. The molecule has 1 aliphatic heterocycles. The topological polar surface area (TPSA) is 29.5 Å². The van der Waals surface area contributed by atoms with Gasteiger partial charge in [0.1, 0.15) is 0 Å². The molecule has 0 amide bonds. The van der Waals surface area contributed by atoms with Crippen LogP contribution in [-0.2, 0) is 4.74 Å². The Bertz CT molecular complexity index is 90.9. The summed E-state index contributed by atoms with van der Waals surface area (Å²) in [7, 11) is 0. The maximum Gasteiger partial charge on any atom is 0.0826 e. The Morgan fingerprint density at radius 1 is 1.44 bits per heavy atom. The van der Waals surface area contributed by atoms with E-state index in [1.807, 2.05) is 0 Å². The van der Waals surface area contributed by atoms with Crippen molar-refractivity contribution >= 4 is 0 Å². The van der Waals surface area contributed by atoms with E-state index in [1.54, 1.807) is 0 Å². The molecule has 1 rings (SSSR count). The minimum Gasteiger partial charge on any atom is -0.390 e. The highest BCUT2D eigenvalue weighted by molar-refractivity contribution is 4.75. The Kier molecular flexibility index (Phi) is 2.09. The molecule has 54 valence electrons. The van der Waals surface area contributed by atoms with Gasteiger partial charge in [-0.25, -0.2) is 0 Å². The summed E-state index contributed by atoms with van der Waals surface area (Å²) in [5.74, 6) is 0.910. The van der Waals surface area contributed by atoms with Crippen molar-refractivity contribution in [2.75, 3.05) is 13.2 Å². The second-order valence-corrected chi connectivity index (χ2v) is 3.01. The lowest BCUT2D eigenvalue weighted by Gasteiger charge is -2.15. The molecule has 2 heteroatoms. The summed E-state index contributed by atoms with van der Waals surface area (Å²) < 4.78 is 5.08. The lowest BCUT2D eigenvalue weighted by Crippen LogP contribution is -2.22. The van der Waals surface area contributed by atoms with Gasteiger partial charge in [-0.05, 0) is 5.92 Å². The largest absolute Gasteiger partial charge is 0.390 e. The van der Waals surface area contributed by atoms with Crippen LogP contribution in [0.15, 0.2) is 0 Å². The van der Waals surface area contributed by atoms with E-state index < -0.39 is 0 Å². The van der Waals surface area contributed by atoms with Gasteiger partial charge in [0, 0.05) is 5.92 Å². The molecule has 2 atom stereocenters. The second kappa shape index (κ2) is 2.67. The van der Waals surface area contributed by atoms with Crippen molar-refractivity contribution in [2.45, 2.75) is 20.0 Å². The van der Waals surface area contributed by atoms with Crippen LogP contribution in [0.5, 0.6) is 0 Å². The molecule has 1 aliphatic rings. The van der Waals surface area contributed by atoms with Crippen molar-refractivity contribution in [1.29, 1.82) is 0 Å². The van der Waals surface area contributed by atoms with Gasteiger partial charge in [-0.1, -0.05) is 13.8 Å². The lowest BCUT2D eigenvalue weighted by molar-refractivity contribution is 0.109. The maximum absolute atomic E-state index is 9.23. The molecule has 0 saturated carbocycles. The first-order chi connectivity index (χ1) is 4.22. The molecular weight excluding hydrogens is 116 g/mol. The molecule has 1 heterocycles. The Balaban J connectivity index is 2.40. The Morgan fingerprint density at radius 3 is 2.33 bits per heavy atom. The molecule has 2 nitrogen and oxygen atoms in total. The van der Waals surface area contributed by atoms with Crippen molar-refractivity contribution in [1.82, 2.24) is 0 Å². The fraction of sp³-hybridized carbons (Fsp3) is 1.00. The van der Waals surface area contributed by atoms with E-state index in [4.69, 9.17) is 4.74 Å². The van der Waals surface area contributed by atoms with Gasteiger partial charge in [-0.15, -0.1) is 0 Å². The molecule has 0 aliphatic carbocycles. The zero-order chi connectivity index (χ0) is 6.85. The van der Waals surface area contributed by atoms with Crippen LogP contribution in [-0.4, -0.2) is 24.4 Å². The normalized spacial score (nSPS) is 36.0. The maximum atomic E-state index is 9.23. The van der Waals surface area contributed by atoms with Crippen molar-refractivity contribution in [3.63, 3.8) is 0 Å². The molecule has 9 heavy (non-hydrogen) atoms. The quantitative estimate of drug-likeness (QED) is 0.564. The van der Waals surface area contributed by atoms with Crippen LogP contribution in [0.25, 0.3) is 0 Å². The standard InChI is InChI=1S/C7H14O2/c1-5(2)6-3-9-4-7(6)8/h5-8H,3-4H2,1-2H3/t6-,7-/m0/s1. The van der Waals surface area contributed by atoms with E-state index in [9.17, 15) is 5.11 Å². The molecule has 0 aromatic heterocycles. The highest BCUT2D eigenvalue weighted by atomic mass is 16.5. The summed E-state index contributed by atoms with van der Waals surface area (Å²) in [6.07, 6.45) is -0.218. The fourth-order valence-electron chi connectivity index (χ4n) is 1.20. The van der Waals surface area contributed by atoms with Crippen LogP contribution < -0.4 is 0 Å². The molecule has 1 fully saturated rings. The number of aliphatic hydroxyl groups excluding tert-OH is 1.